The largest absolute Gasteiger partial charge is 0.437 e. The number of nitrogen functional groups attached to an aromatic ring is 1. The molecule has 2 aromatic rings. The lowest BCUT2D eigenvalue weighted by Crippen LogP contribution is -2.09. The van der Waals surface area contributed by atoms with Crippen LogP contribution in [0.3, 0.4) is 0 Å². The van der Waals surface area contributed by atoms with Crippen LogP contribution in [0.4, 0.5) is 5.82 Å². The maximum Gasteiger partial charge on any atom is 0.239 e. The third-order valence-corrected chi connectivity index (χ3v) is 2.32. The van der Waals surface area contributed by atoms with Gasteiger partial charge in [0.2, 0.25) is 5.88 Å². The molecule has 3 N–H and O–H groups in total. The van der Waals surface area contributed by atoms with Gasteiger partial charge in [0.1, 0.15) is 5.75 Å². The molecule has 0 bridgehead atoms. The summed E-state index contributed by atoms with van der Waals surface area (Å²) in [7, 11) is 0. The summed E-state index contributed by atoms with van der Waals surface area (Å²) in [4.78, 5) is 8.11. The van der Waals surface area contributed by atoms with Gasteiger partial charge in [0.05, 0.1) is 12.4 Å². The monoisotopic (exact) mass is 230 g/mol. The van der Waals surface area contributed by atoms with Crippen LogP contribution in [0, 0.1) is 13.8 Å². The van der Waals surface area contributed by atoms with Gasteiger partial charge in [0.25, 0.3) is 0 Å². The Morgan fingerprint density at radius 2 is 2.06 bits per heavy atom. The van der Waals surface area contributed by atoms with Gasteiger partial charge >= 0.3 is 0 Å². The Morgan fingerprint density at radius 1 is 1.24 bits per heavy atom. The van der Waals surface area contributed by atoms with E-state index < -0.39 is 0 Å². The number of rotatable bonds is 3. The van der Waals surface area contributed by atoms with Crippen LogP contribution in [0.1, 0.15) is 11.1 Å². The summed E-state index contributed by atoms with van der Waals surface area (Å²) >= 11 is 0. The van der Waals surface area contributed by atoms with Gasteiger partial charge in [-0.25, -0.2) is 5.84 Å². The van der Waals surface area contributed by atoms with Crippen molar-refractivity contribution in [3.05, 3.63) is 41.7 Å². The number of hydrazine groups is 1. The first-order valence-corrected chi connectivity index (χ1v) is 5.23. The predicted molar refractivity (Wildman–Crippen MR) is 65.8 cm³/mol. The smallest absolute Gasteiger partial charge is 0.239 e. The lowest BCUT2D eigenvalue weighted by molar-refractivity contribution is 0.457. The van der Waals surface area contributed by atoms with Crippen molar-refractivity contribution >= 4 is 5.82 Å². The van der Waals surface area contributed by atoms with Gasteiger partial charge in [-0.1, -0.05) is 12.1 Å². The number of hydrogen-bond acceptors (Lipinski definition) is 5. The molecule has 1 aromatic carbocycles. The maximum atomic E-state index is 5.66. The Balaban J connectivity index is 2.27. The molecule has 0 unspecified atom stereocenters. The molecule has 1 heterocycles. The fourth-order valence-corrected chi connectivity index (χ4v) is 1.40. The maximum absolute atomic E-state index is 5.66. The molecule has 0 radical (unpaired) electrons. The first-order chi connectivity index (χ1) is 8.19. The summed E-state index contributed by atoms with van der Waals surface area (Å²) in [6.07, 6.45) is 3.07. The Morgan fingerprint density at radius 3 is 2.82 bits per heavy atom. The van der Waals surface area contributed by atoms with E-state index >= 15 is 0 Å². The molecule has 88 valence electrons. The van der Waals surface area contributed by atoms with E-state index in [4.69, 9.17) is 10.6 Å². The number of aryl methyl sites for hydroxylation is 2. The van der Waals surface area contributed by atoms with E-state index in [1.807, 2.05) is 32.0 Å². The van der Waals surface area contributed by atoms with Crippen molar-refractivity contribution in [2.75, 3.05) is 5.43 Å². The molecule has 17 heavy (non-hydrogen) atoms. The van der Waals surface area contributed by atoms with Gasteiger partial charge in [-0.05, 0) is 31.0 Å². The highest BCUT2D eigenvalue weighted by Gasteiger charge is 2.04. The summed E-state index contributed by atoms with van der Waals surface area (Å²) in [6.45, 7) is 3.99. The van der Waals surface area contributed by atoms with Gasteiger partial charge in [-0.3, -0.25) is 4.98 Å². The second kappa shape index (κ2) is 4.80. The molecule has 0 aliphatic carbocycles. The van der Waals surface area contributed by atoms with Gasteiger partial charge in [-0.15, -0.1) is 0 Å². The first kappa shape index (κ1) is 11.3. The topological polar surface area (TPSA) is 73.1 Å². The minimum absolute atomic E-state index is 0.411. The molecule has 5 heteroatoms. The lowest BCUT2D eigenvalue weighted by atomic mass is 10.1. The second-order valence-corrected chi connectivity index (χ2v) is 3.76. The third-order valence-electron chi connectivity index (χ3n) is 2.32. The normalized spacial score (nSPS) is 10.1. The molecular weight excluding hydrogens is 216 g/mol. The molecule has 0 amide bonds. The van der Waals surface area contributed by atoms with Crippen LogP contribution in [0.15, 0.2) is 30.6 Å². The van der Waals surface area contributed by atoms with Gasteiger partial charge in [0, 0.05) is 0 Å². The Hall–Kier alpha value is -2.14. The predicted octanol–water partition coefficient (Wildman–Crippen LogP) is 2.17. The van der Waals surface area contributed by atoms with Crippen molar-refractivity contribution in [2.45, 2.75) is 13.8 Å². The van der Waals surface area contributed by atoms with Crippen LogP contribution in [-0.4, -0.2) is 9.97 Å². The minimum Gasteiger partial charge on any atom is -0.437 e. The number of benzene rings is 1. The Bertz CT molecular complexity index is 528. The first-order valence-electron chi connectivity index (χ1n) is 5.23. The summed E-state index contributed by atoms with van der Waals surface area (Å²) in [5.74, 6) is 6.91. The Kier molecular flexibility index (Phi) is 3.20. The van der Waals surface area contributed by atoms with E-state index in [-0.39, 0.29) is 0 Å². The number of hydrogen-bond donors (Lipinski definition) is 2. The molecule has 0 atom stereocenters. The number of nitrogens with two attached hydrogens (primary N) is 1. The molecule has 1 aromatic heterocycles. The highest BCUT2D eigenvalue weighted by Crippen LogP contribution is 2.24. The number of aromatic nitrogens is 2. The average molecular weight is 230 g/mol. The summed E-state index contributed by atoms with van der Waals surface area (Å²) in [6, 6.07) is 5.99. The van der Waals surface area contributed by atoms with E-state index in [0.717, 1.165) is 16.9 Å². The molecule has 0 spiro atoms. The van der Waals surface area contributed by atoms with E-state index in [9.17, 15) is 0 Å². The van der Waals surface area contributed by atoms with Gasteiger partial charge < -0.3 is 10.2 Å². The number of ether oxygens (including phenoxy) is 1. The second-order valence-electron chi connectivity index (χ2n) is 3.76. The SMILES string of the molecule is Cc1ccc(C)c(Oc2cncc(NN)n2)c1. The summed E-state index contributed by atoms with van der Waals surface area (Å²) in [5, 5.41) is 0. The molecule has 0 aliphatic heterocycles. The summed E-state index contributed by atoms with van der Waals surface area (Å²) in [5.41, 5.74) is 4.60. The van der Waals surface area contributed by atoms with Crippen LogP contribution < -0.4 is 16.0 Å². The van der Waals surface area contributed by atoms with E-state index in [0.29, 0.717) is 11.7 Å². The highest BCUT2D eigenvalue weighted by atomic mass is 16.5. The van der Waals surface area contributed by atoms with Crippen molar-refractivity contribution in [3.8, 4) is 11.6 Å². The van der Waals surface area contributed by atoms with Crippen molar-refractivity contribution in [3.63, 3.8) is 0 Å². The number of nitrogens with one attached hydrogen (secondary N) is 1. The minimum atomic E-state index is 0.411. The quantitative estimate of drug-likeness (QED) is 0.624. The molecule has 5 nitrogen and oxygen atoms in total. The van der Waals surface area contributed by atoms with Crippen molar-refractivity contribution in [2.24, 2.45) is 5.84 Å². The third kappa shape index (κ3) is 2.70. The zero-order valence-electron chi connectivity index (χ0n) is 9.77. The molecule has 2 rings (SSSR count). The van der Waals surface area contributed by atoms with Crippen molar-refractivity contribution in [1.29, 1.82) is 0 Å². The van der Waals surface area contributed by atoms with Crippen LogP contribution >= 0.6 is 0 Å². The molecule has 0 saturated heterocycles. The number of nitrogens with zero attached hydrogens (tertiary/aromatic N) is 2. The lowest BCUT2D eigenvalue weighted by Gasteiger charge is -2.09. The van der Waals surface area contributed by atoms with Crippen molar-refractivity contribution < 1.29 is 4.74 Å². The van der Waals surface area contributed by atoms with Crippen LogP contribution in [-0.2, 0) is 0 Å². The Labute approximate surface area is 99.6 Å². The van der Waals surface area contributed by atoms with E-state index in [1.54, 1.807) is 6.20 Å². The average Bonchev–Trinajstić information content (AvgIpc) is 2.34. The van der Waals surface area contributed by atoms with E-state index in [1.165, 1.54) is 6.20 Å². The van der Waals surface area contributed by atoms with Crippen LogP contribution in [0.2, 0.25) is 0 Å². The fourth-order valence-electron chi connectivity index (χ4n) is 1.40. The molecular formula is C12H14N4O. The standard InChI is InChI=1S/C12H14N4O/c1-8-3-4-9(2)10(5-8)17-12-7-14-6-11(15-12)16-13/h3-7H,13H2,1-2H3,(H,15,16). The van der Waals surface area contributed by atoms with E-state index in [2.05, 4.69) is 15.4 Å². The highest BCUT2D eigenvalue weighted by molar-refractivity contribution is 5.39. The zero-order valence-corrected chi connectivity index (χ0v) is 9.77. The number of anilines is 1. The zero-order chi connectivity index (χ0) is 12.3. The molecule has 0 aliphatic rings. The van der Waals surface area contributed by atoms with Gasteiger partial charge in [-0.2, -0.15) is 4.98 Å². The van der Waals surface area contributed by atoms with Crippen molar-refractivity contribution in [1.82, 2.24) is 9.97 Å². The molecule has 0 fully saturated rings. The molecule has 0 saturated carbocycles. The van der Waals surface area contributed by atoms with Gasteiger partial charge in [0.15, 0.2) is 5.82 Å². The fraction of sp³-hybridized carbons (Fsp3) is 0.167. The van der Waals surface area contributed by atoms with Crippen LogP contribution in [0.5, 0.6) is 11.6 Å². The summed E-state index contributed by atoms with van der Waals surface area (Å²) < 4.78 is 5.66. The van der Waals surface area contributed by atoms with Crippen LogP contribution in [0.25, 0.3) is 0 Å².